The topological polar surface area (TPSA) is 64.9 Å². The molecule has 4 nitrogen and oxygen atoms in total. The first-order valence-corrected chi connectivity index (χ1v) is 6.89. The maximum Gasteiger partial charge on any atom is 0.226 e. The van der Waals surface area contributed by atoms with Gasteiger partial charge >= 0.3 is 0 Å². The van der Waals surface area contributed by atoms with Crippen molar-refractivity contribution in [2.45, 2.75) is 63.5 Å². The summed E-state index contributed by atoms with van der Waals surface area (Å²) in [5.74, 6) is 2.25. The molecule has 1 aromatic rings. The zero-order valence-electron chi connectivity index (χ0n) is 11.4. The van der Waals surface area contributed by atoms with Gasteiger partial charge in [-0.3, -0.25) is 0 Å². The molecule has 0 fully saturated rings. The molecular formula is C12H23N3OS. The second-order valence-corrected chi connectivity index (χ2v) is 7.80. The summed E-state index contributed by atoms with van der Waals surface area (Å²) in [5, 5.41) is 3.97. The van der Waals surface area contributed by atoms with Crippen molar-refractivity contribution in [1.82, 2.24) is 10.1 Å². The van der Waals surface area contributed by atoms with Crippen LogP contribution in [0, 0.1) is 0 Å². The second-order valence-electron chi connectivity index (χ2n) is 5.99. The molecule has 0 unspecified atom stereocenters. The maximum absolute atomic E-state index is 5.91. The molecule has 5 heteroatoms. The molecule has 98 valence electrons. The van der Waals surface area contributed by atoms with E-state index in [-0.39, 0.29) is 10.3 Å². The van der Waals surface area contributed by atoms with Crippen LogP contribution in [0.4, 0.5) is 0 Å². The third-order valence-corrected chi connectivity index (χ3v) is 3.40. The van der Waals surface area contributed by atoms with Crippen molar-refractivity contribution in [1.29, 1.82) is 0 Å². The van der Waals surface area contributed by atoms with Gasteiger partial charge in [0.1, 0.15) is 0 Å². The first kappa shape index (κ1) is 14.5. The number of aromatic nitrogens is 2. The van der Waals surface area contributed by atoms with Crippen LogP contribution >= 0.6 is 11.8 Å². The summed E-state index contributed by atoms with van der Waals surface area (Å²) in [5.41, 5.74) is 5.73. The van der Waals surface area contributed by atoms with Crippen LogP contribution in [0.1, 0.15) is 52.8 Å². The minimum Gasteiger partial charge on any atom is -0.339 e. The highest BCUT2D eigenvalue weighted by Crippen LogP contribution is 2.26. The summed E-state index contributed by atoms with van der Waals surface area (Å²) >= 11 is 1.81. The fraction of sp³-hybridized carbons (Fsp3) is 0.833. The lowest BCUT2D eigenvalue weighted by Gasteiger charge is -2.16. The Morgan fingerprint density at radius 3 is 2.41 bits per heavy atom. The quantitative estimate of drug-likeness (QED) is 0.878. The Morgan fingerprint density at radius 1 is 1.24 bits per heavy atom. The predicted octanol–water partition coefficient (Wildman–Crippen LogP) is 2.77. The number of thioether (sulfide) groups is 1. The molecule has 0 spiro atoms. The molecule has 1 heterocycles. The molecule has 0 radical (unpaired) electrons. The summed E-state index contributed by atoms with van der Waals surface area (Å²) in [6.07, 6.45) is 1.59. The molecule has 2 N–H and O–H groups in total. The van der Waals surface area contributed by atoms with Crippen molar-refractivity contribution in [3.05, 3.63) is 11.7 Å². The maximum atomic E-state index is 5.91. The third kappa shape index (κ3) is 6.68. The fourth-order valence-electron chi connectivity index (χ4n) is 1.16. The summed E-state index contributed by atoms with van der Waals surface area (Å²) in [4.78, 5) is 4.36. The summed E-state index contributed by atoms with van der Waals surface area (Å²) in [7, 11) is 0. The van der Waals surface area contributed by atoms with Gasteiger partial charge in [-0.15, -0.1) is 11.8 Å². The average molecular weight is 257 g/mol. The van der Waals surface area contributed by atoms with E-state index in [1.165, 1.54) is 0 Å². The van der Waals surface area contributed by atoms with Crippen LogP contribution in [0.25, 0.3) is 0 Å². The highest BCUT2D eigenvalue weighted by atomic mass is 32.2. The van der Waals surface area contributed by atoms with Crippen molar-refractivity contribution < 1.29 is 4.52 Å². The van der Waals surface area contributed by atoms with Gasteiger partial charge in [-0.25, -0.2) is 0 Å². The van der Waals surface area contributed by atoms with Gasteiger partial charge in [-0.2, -0.15) is 4.98 Å². The van der Waals surface area contributed by atoms with E-state index in [9.17, 15) is 0 Å². The van der Waals surface area contributed by atoms with Crippen LogP contribution in [0.15, 0.2) is 4.52 Å². The summed E-state index contributed by atoms with van der Waals surface area (Å²) < 4.78 is 5.42. The molecule has 0 aliphatic carbocycles. The number of hydrogen-bond acceptors (Lipinski definition) is 5. The number of nitrogens with two attached hydrogens (primary N) is 1. The Labute approximate surface area is 108 Å². The van der Waals surface area contributed by atoms with Crippen LogP contribution < -0.4 is 5.73 Å². The highest BCUT2D eigenvalue weighted by molar-refractivity contribution is 7.99. The zero-order chi connectivity index (χ0) is 13.1. The zero-order valence-corrected chi connectivity index (χ0v) is 12.2. The van der Waals surface area contributed by atoms with Crippen molar-refractivity contribution in [3.8, 4) is 0 Å². The van der Waals surface area contributed by atoms with Gasteiger partial charge in [0.05, 0.1) is 5.75 Å². The Bertz CT molecular complexity index is 317. The van der Waals surface area contributed by atoms with Gasteiger partial charge in [0, 0.05) is 16.7 Å². The van der Waals surface area contributed by atoms with Crippen LogP contribution in [0.3, 0.4) is 0 Å². The van der Waals surface area contributed by atoms with E-state index in [0.29, 0.717) is 5.89 Å². The monoisotopic (exact) mass is 257 g/mol. The van der Waals surface area contributed by atoms with Crippen molar-refractivity contribution in [2.24, 2.45) is 5.73 Å². The lowest BCUT2D eigenvalue weighted by atomic mass is 10.0. The van der Waals surface area contributed by atoms with Gasteiger partial charge < -0.3 is 10.3 Å². The van der Waals surface area contributed by atoms with E-state index in [4.69, 9.17) is 10.3 Å². The molecular weight excluding hydrogens is 234 g/mol. The van der Waals surface area contributed by atoms with E-state index in [2.05, 4.69) is 30.9 Å². The SMILES string of the molecule is CC(C)(N)CCc1nc(CSC(C)(C)C)no1. The summed E-state index contributed by atoms with van der Waals surface area (Å²) in [6, 6.07) is 0. The highest BCUT2D eigenvalue weighted by Gasteiger charge is 2.16. The standard InChI is InChI=1S/C12H23N3OS/c1-11(2,3)17-8-9-14-10(16-15-9)6-7-12(4,5)13/h6-8,13H2,1-5H3. The molecule has 0 aliphatic rings. The molecule has 0 aromatic carbocycles. The van der Waals surface area contributed by atoms with Crippen LogP contribution in [-0.4, -0.2) is 20.4 Å². The fourth-order valence-corrected chi connectivity index (χ4v) is 1.84. The molecule has 0 bridgehead atoms. The number of nitrogens with zero attached hydrogens (tertiary/aromatic N) is 2. The molecule has 0 saturated heterocycles. The normalized spacial score (nSPS) is 13.1. The van der Waals surface area contributed by atoms with Crippen LogP contribution in [0.5, 0.6) is 0 Å². The smallest absolute Gasteiger partial charge is 0.226 e. The van der Waals surface area contributed by atoms with Crippen LogP contribution in [-0.2, 0) is 12.2 Å². The molecule has 0 amide bonds. The first-order valence-electron chi connectivity index (χ1n) is 5.90. The van der Waals surface area contributed by atoms with Crippen LogP contribution in [0.2, 0.25) is 0 Å². The van der Waals surface area contributed by atoms with E-state index < -0.39 is 0 Å². The molecule has 0 aliphatic heterocycles. The largest absolute Gasteiger partial charge is 0.339 e. The van der Waals surface area contributed by atoms with E-state index >= 15 is 0 Å². The van der Waals surface area contributed by atoms with Crippen molar-refractivity contribution in [2.75, 3.05) is 0 Å². The van der Waals surface area contributed by atoms with Crippen molar-refractivity contribution in [3.63, 3.8) is 0 Å². The lowest BCUT2D eigenvalue weighted by molar-refractivity contribution is 0.355. The van der Waals surface area contributed by atoms with Gasteiger partial charge in [-0.05, 0) is 20.3 Å². The Morgan fingerprint density at radius 2 is 1.88 bits per heavy atom. The van der Waals surface area contributed by atoms with Gasteiger partial charge in [0.2, 0.25) is 5.89 Å². The molecule has 17 heavy (non-hydrogen) atoms. The molecule has 1 rings (SSSR count). The third-order valence-electron chi connectivity index (χ3n) is 2.13. The van der Waals surface area contributed by atoms with Gasteiger partial charge in [0.15, 0.2) is 5.82 Å². The van der Waals surface area contributed by atoms with Gasteiger partial charge in [-0.1, -0.05) is 25.9 Å². The number of hydrogen-bond donors (Lipinski definition) is 1. The minimum absolute atomic E-state index is 0.186. The Hall–Kier alpha value is -0.550. The van der Waals surface area contributed by atoms with E-state index in [1.54, 1.807) is 0 Å². The minimum atomic E-state index is -0.186. The molecule has 0 atom stereocenters. The first-order chi connectivity index (χ1) is 7.66. The molecule has 0 saturated carbocycles. The second kappa shape index (κ2) is 5.40. The van der Waals surface area contributed by atoms with Crippen molar-refractivity contribution >= 4 is 11.8 Å². The molecule has 1 aromatic heterocycles. The van der Waals surface area contributed by atoms with Gasteiger partial charge in [0.25, 0.3) is 0 Å². The number of rotatable bonds is 5. The Kier molecular flexibility index (Phi) is 4.61. The number of aryl methyl sites for hydroxylation is 1. The lowest BCUT2D eigenvalue weighted by Crippen LogP contribution is -2.32. The summed E-state index contributed by atoms with van der Waals surface area (Å²) in [6.45, 7) is 10.5. The average Bonchev–Trinajstić information content (AvgIpc) is 2.57. The predicted molar refractivity (Wildman–Crippen MR) is 71.9 cm³/mol. The van der Waals surface area contributed by atoms with E-state index in [1.807, 2.05) is 25.6 Å². The Balaban J connectivity index is 2.43. The van der Waals surface area contributed by atoms with E-state index in [0.717, 1.165) is 24.4 Å².